The maximum atomic E-state index is 13.3. The van der Waals surface area contributed by atoms with Gasteiger partial charge in [0, 0.05) is 29.7 Å². The molecule has 3 aromatic rings. The summed E-state index contributed by atoms with van der Waals surface area (Å²) in [6, 6.07) is 17.2. The van der Waals surface area contributed by atoms with Gasteiger partial charge in [-0.1, -0.05) is 42.5 Å². The lowest BCUT2D eigenvalue weighted by Crippen LogP contribution is -2.31. The molecule has 1 fully saturated rings. The number of aromatic nitrogens is 1. The van der Waals surface area contributed by atoms with Gasteiger partial charge in [-0.2, -0.15) is 0 Å². The number of hydrogen-bond donors (Lipinski definition) is 0. The molecule has 30 heavy (non-hydrogen) atoms. The van der Waals surface area contributed by atoms with Crippen molar-refractivity contribution in [2.45, 2.75) is 18.9 Å². The molecular weight excluding hydrogens is 396 g/mol. The van der Waals surface area contributed by atoms with E-state index in [1.807, 2.05) is 47.8 Å². The Labute approximate surface area is 180 Å². The van der Waals surface area contributed by atoms with Crippen molar-refractivity contribution in [2.24, 2.45) is 0 Å². The molecule has 154 valence electrons. The summed E-state index contributed by atoms with van der Waals surface area (Å²) in [4.78, 5) is 19.6. The lowest BCUT2D eigenvalue weighted by Gasteiger charge is -2.19. The summed E-state index contributed by atoms with van der Waals surface area (Å²) in [5.41, 5.74) is 2.43. The Hall–Kier alpha value is -2.96. The lowest BCUT2D eigenvalue weighted by atomic mass is 10.2. The van der Waals surface area contributed by atoms with Gasteiger partial charge in [-0.05, 0) is 31.0 Å². The van der Waals surface area contributed by atoms with E-state index in [-0.39, 0.29) is 12.0 Å². The second-order valence-corrected chi connectivity index (χ2v) is 7.90. The molecule has 6 heteroatoms. The van der Waals surface area contributed by atoms with Crippen LogP contribution < -0.4 is 9.64 Å². The van der Waals surface area contributed by atoms with Gasteiger partial charge < -0.3 is 9.47 Å². The van der Waals surface area contributed by atoms with E-state index in [1.165, 1.54) is 11.3 Å². The molecule has 0 N–H and O–H groups in total. The van der Waals surface area contributed by atoms with Crippen LogP contribution in [0.2, 0.25) is 0 Å². The van der Waals surface area contributed by atoms with Crippen LogP contribution >= 0.6 is 11.3 Å². The minimum Gasteiger partial charge on any atom is -0.491 e. The molecule has 0 aliphatic carbocycles. The molecule has 2 heterocycles. The first-order chi connectivity index (χ1) is 14.7. The van der Waals surface area contributed by atoms with Crippen molar-refractivity contribution in [3.05, 3.63) is 78.2 Å². The van der Waals surface area contributed by atoms with Crippen molar-refractivity contribution >= 4 is 22.4 Å². The lowest BCUT2D eigenvalue weighted by molar-refractivity contribution is 0.0679. The van der Waals surface area contributed by atoms with Crippen LogP contribution in [-0.4, -0.2) is 36.8 Å². The maximum absolute atomic E-state index is 13.3. The minimum atomic E-state index is -0.133. The summed E-state index contributed by atoms with van der Waals surface area (Å²) in [7, 11) is 0. The van der Waals surface area contributed by atoms with E-state index < -0.39 is 0 Å². The maximum Gasteiger partial charge on any atom is 0.260 e. The van der Waals surface area contributed by atoms with Gasteiger partial charge in [0.15, 0.2) is 5.13 Å². The topological polar surface area (TPSA) is 51.7 Å². The zero-order valence-corrected chi connectivity index (χ0v) is 17.5. The van der Waals surface area contributed by atoms with E-state index in [2.05, 4.69) is 11.6 Å². The Morgan fingerprint density at radius 2 is 2.13 bits per heavy atom. The van der Waals surface area contributed by atoms with Gasteiger partial charge in [0.25, 0.3) is 5.91 Å². The van der Waals surface area contributed by atoms with Crippen LogP contribution in [0, 0.1) is 0 Å². The fraction of sp³-hybridized carbons (Fsp3) is 0.250. The number of amides is 1. The smallest absolute Gasteiger partial charge is 0.260 e. The monoisotopic (exact) mass is 420 g/mol. The molecule has 1 unspecified atom stereocenters. The van der Waals surface area contributed by atoms with E-state index in [0.29, 0.717) is 29.6 Å². The predicted molar refractivity (Wildman–Crippen MR) is 120 cm³/mol. The van der Waals surface area contributed by atoms with Crippen molar-refractivity contribution in [3.8, 4) is 17.0 Å². The largest absolute Gasteiger partial charge is 0.491 e. The highest BCUT2D eigenvalue weighted by atomic mass is 32.1. The second-order valence-electron chi connectivity index (χ2n) is 7.06. The Morgan fingerprint density at radius 3 is 2.90 bits per heavy atom. The standard InChI is InChI=1S/C24H24N2O3S/c1-2-13-26(24-25-22(17-30-24)18-8-4-3-5-9-18)23(27)19-10-6-11-20(15-19)29-16-21-12-7-14-28-21/h2-6,8-11,15,17,21H,1,7,12-14,16H2. The van der Waals surface area contributed by atoms with Crippen molar-refractivity contribution < 1.29 is 14.3 Å². The number of benzene rings is 2. The Morgan fingerprint density at radius 1 is 1.27 bits per heavy atom. The molecular formula is C24H24N2O3S. The molecule has 1 atom stereocenters. The fourth-order valence-electron chi connectivity index (χ4n) is 3.35. The zero-order chi connectivity index (χ0) is 20.8. The molecule has 4 rings (SSSR count). The van der Waals surface area contributed by atoms with E-state index >= 15 is 0 Å². The molecule has 0 bridgehead atoms. The Balaban J connectivity index is 1.51. The number of anilines is 1. The molecule has 1 aliphatic rings. The average molecular weight is 421 g/mol. The first kappa shape index (κ1) is 20.3. The van der Waals surface area contributed by atoms with Gasteiger partial charge in [0.1, 0.15) is 12.4 Å². The predicted octanol–water partition coefficient (Wildman–Crippen LogP) is 5.20. The van der Waals surface area contributed by atoms with Crippen LogP contribution in [0.5, 0.6) is 5.75 Å². The van der Waals surface area contributed by atoms with Crippen LogP contribution in [0.4, 0.5) is 5.13 Å². The molecule has 5 nitrogen and oxygen atoms in total. The Kier molecular flexibility index (Phi) is 6.57. The normalized spacial score (nSPS) is 15.7. The highest BCUT2D eigenvalue weighted by Crippen LogP contribution is 2.29. The van der Waals surface area contributed by atoms with Gasteiger partial charge in [0.05, 0.1) is 11.8 Å². The minimum absolute atomic E-state index is 0.133. The third kappa shape index (κ3) is 4.78. The number of ether oxygens (including phenoxy) is 2. The average Bonchev–Trinajstić information content (AvgIpc) is 3.49. The third-order valence-corrected chi connectivity index (χ3v) is 5.75. The molecule has 1 aliphatic heterocycles. The molecule has 1 amide bonds. The van der Waals surface area contributed by atoms with Crippen LogP contribution in [-0.2, 0) is 4.74 Å². The van der Waals surface area contributed by atoms with Crippen molar-refractivity contribution in [1.82, 2.24) is 4.98 Å². The number of hydrogen-bond acceptors (Lipinski definition) is 5. The summed E-state index contributed by atoms with van der Waals surface area (Å²) in [5.74, 6) is 0.533. The van der Waals surface area contributed by atoms with Crippen LogP contribution in [0.15, 0.2) is 72.6 Å². The number of carbonyl (C=O) groups excluding carboxylic acids is 1. The van der Waals surface area contributed by atoms with Gasteiger partial charge in [-0.25, -0.2) is 4.98 Å². The molecule has 0 spiro atoms. The van der Waals surface area contributed by atoms with E-state index in [4.69, 9.17) is 9.47 Å². The van der Waals surface area contributed by atoms with E-state index in [0.717, 1.165) is 30.7 Å². The fourth-order valence-corrected chi connectivity index (χ4v) is 4.19. The summed E-state index contributed by atoms with van der Waals surface area (Å²) < 4.78 is 11.5. The molecule has 1 saturated heterocycles. The molecule has 0 radical (unpaired) electrons. The molecule has 0 saturated carbocycles. The van der Waals surface area contributed by atoms with Gasteiger partial charge >= 0.3 is 0 Å². The highest BCUT2D eigenvalue weighted by Gasteiger charge is 2.21. The number of rotatable bonds is 8. The van der Waals surface area contributed by atoms with Gasteiger partial charge in [-0.3, -0.25) is 9.69 Å². The number of nitrogens with zero attached hydrogens (tertiary/aromatic N) is 2. The quantitative estimate of drug-likeness (QED) is 0.470. The highest BCUT2D eigenvalue weighted by molar-refractivity contribution is 7.14. The summed E-state index contributed by atoms with van der Waals surface area (Å²) in [5, 5.41) is 2.61. The van der Waals surface area contributed by atoms with Crippen molar-refractivity contribution in [3.63, 3.8) is 0 Å². The first-order valence-corrected chi connectivity index (χ1v) is 10.9. The zero-order valence-electron chi connectivity index (χ0n) is 16.7. The van der Waals surface area contributed by atoms with Crippen molar-refractivity contribution in [1.29, 1.82) is 0 Å². The summed E-state index contributed by atoms with van der Waals surface area (Å²) >= 11 is 1.45. The van der Waals surface area contributed by atoms with E-state index in [9.17, 15) is 4.79 Å². The number of carbonyl (C=O) groups is 1. The van der Waals surface area contributed by atoms with E-state index in [1.54, 1.807) is 23.1 Å². The van der Waals surface area contributed by atoms with Gasteiger partial charge in [0.2, 0.25) is 0 Å². The SMILES string of the molecule is C=CCN(C(=O)c1cccc(OCC2CCCO2)c1)c1nc(-c2ccccc2)cs1. The van der Waals surface area contributed by atoms with Crippen LogP contribution in [0.3, 0.4) is 0 Å². The van der Waals surface area contributed by atoms with Gasteiger partial charge in [-0.15, -0.1) is 17.9 Å². The Bertz CT molecular complexity index is 996. The van der Waals surface area contributed by atoms with Crippen LogP contribution in [0.1, 0.15) is 23.2 Å². The first-order valence-electron chi connectivity index (χ1n) is 10.0. The molecule has 1 aromatic heterocycles. The number of thiazole rings is 1. The summed E-state index contributed by atoms with van der Waals surface area (Å²) in [6.07, 6.45) is 3.93. The third-order valence-electron chi connectivity index (χ3n) is 4.89. The molecule has 2 aromatic carbocycles. The van der Waals surface area contributed by atoms with Crippen LogP contribution in [0.25, 0.3) is 11.3 Å². The van der Waals surface area contributed by atoms with Crippen molar-refractivity contribution in [2.75, 3.05) is 24.7 Å². The summed E-state index contributed by atoms with van der Waals surface area (Å²) in [6.45, 7) is 5.47. The second kappa shape index (κ2) is 9.69.